The average molecular weight is 545 g/mol. The fraction of sp³-hybridized carbons (Fsp3) is 0.677. The quantitative estimate of drug-likeness (QED) is 0.104. The monoisotopic (exact) mass is 544 g/mol. The summed E-state index contributed by atoms with van der Waals surface area (Å²) < 4.78 is 21.3. The maximum Gasteiger partial charge on any atom is 0.347 e. The number of carbonyl (C=O) groups excluding carboxylic acids is 4. The van der Waals surface area contributed by atoms with Crippen molar-refractivity contribution in [2.45, 2.75) is 105 Å². The lowest BCUT2D eigenvalue weighted by Gasteiger charge is -2.23. The molecule has 0 bridgehead atoms. The summed E-state index contributed by atoms with van der Waals surface area (Å²) in [6.45, 7) is 10.1. The van der Waals surface area contributed by atoms with Crippen LogP contribution in [0.2, 0.25) is 0 Å². The van der Waals surface area contributed by atoms with Gasteiger partial charge < -0.3 is 18.9 Å². The van der Waals surface area contributed by atoms with Crippen LogP contribution in [-0.2, 0) is 38.1 Å². The van der Waals surface area contributed by atoms with Gasteiger partial charge in [0.15, 0.2) is 6.10 Å². The van der Waals surface area contributed by atoms with E-state index in [1.807, 2.05) is 13.0 Å². The Kier molecular flexibility index (Phi) is 13.3. The van der Waals surface area contributed by atoms with E-state index in [-0.39, 0.29) is 42.9 Å². The SMILES string of the molecule is CC#CCC(C)[C@@H](C=C[C@@H]1[C@H]2CC(=CCCCC(=O)O[C@H](C)C(=O)OCC)C[C@H]2C[C@H]1OC(C)=O)OC(C)=O. The zero-order chi connectivity index (χ0) is 28.9. The minimum atomic E-state index is -0.900. The molecule has 216 valence electrons. The number of rotatable bonds is 13. The Bertz CT molecular complexity index is 984. The molecule has 8 nitrogen and oxygen atoms in total. The van der Waals surface area contributed by atoms with Gasteiger partial charge in [-0.05, 0) is 70.8 Å². The second kappa shape index (κ2) is 16.1. The highest BCUT2D eigenvalue weighted by atomic mass is 16.6. The van der Waals surface area contributed by atoms with Crippen molar-refractivity contribution >= 4 is 23.9 Å². The van der Waals surface area contributed by atoms with E-state index >= 15 is 0 Å². The van der Waals surface area contributed by atoms with E-state index in [0.717, 1.165) is 25.7 Å². The molecule has 0 spiro atoms. The third-order valence-electron chi connectivity index (χ3n) is 7.34. The van der Waals surface area contributed by atoms with Crippen LogP contribution in [0.1, 0.15) is 86.5 Å². The molecule has 8 heteroatoms. The molecule has 2 saturated carbocycles. The molecule has 0 aliphatic heterocycles. The number of unbranched alkanes of at least 4 members (excludes halogenated alkanes) is 1. The lowest BCUT2D eigenvalue weighted by Crippen LogP contribution is -2.26. The third kappa shape index (κ3) is 10.5. The van der Waals surface area contributed by atoms with Crippen LogP contribution in [0.3, 0.4) is 0 Å². The number of ether oxygens (including phenoxy) is 4. The van der Waals surface area contributed by atoms with E-state index in [0.29, 0.717) is 24.7 Å². The van der Waals surface area contributed by atoms with Gasteiger partial charge in [0.2, 0.25) is 0 Å². The highest BCUT2D eigenvalue weighted by molar-refractivity contribution is 5.79. The molecule has 39 heavy (non-hydrogen) atoms. The van der Waals surface area contributed by atoms with Gasteiger partial charge in [0.25, 0.3) is 0 Å². The molecule has 1 unspecified atom stereocenters. The van der Waals surface area contributed by atoms with Crippen LogP contribution < -0.4 is 0 Å². The molecule has 0 heterocycles. The molecule has 2 rings (SSSR count). The molecule has 0 aromatic heterocycles. The highest BCUT2D eigenvalue weighted by Crippen LogP contribution is 2.51. The van der Waals surface area contributed by atoms with Crippen molar-refractivity contribution in [3.63, 3.8) is 0 Å². The summed E-state index contributed by atoms with van der Waals surface area (Å²) in [4.78, 5) is 47.2. The Balaban J connectivity index is 1.99. The first-order valence-electron chi connectivity index (χ1n) is 14.0. The Labute approximate surface area is 232 Å². The van der Waals surface area contributed by atoms with Crippen molar-refractivity contribution in [2.75, 3.05) is 6.61 Å². The van der Waals surface area contributed by atoms with Crippen LogP contribution in [0.4, 0.5) is 0 Å². The van der Waals surface area contributed by atoms with Crippen molar-refractivity contribution in [1.82, 2.24) is 0 Å². The number of allylic oxidation sites excluding steroid dienone is 2. The van der Waals surface area contributed by atoms with Gasteiger partial charge in [-0.1, -0.05) is 24.6 Å². The van der Waals surface area contributed by atoms with E-state index in [1.165, 1.54) is 26.3 Å². The van der Waals surface area contributed by atoms with Crippen molar-refractivity contribution < 1.29 is 38.1 Å². The maximum atomic E-state index is 12.0. The molecular weight excluding hydrogens is 500 g/mol. The third-order valence-corrected chi connectivity index (χ3v) is 7.34. The Morgan fingerprint density at radius 1 is 1.08 bits per heavy atom. The summed E-state index contributed by atoms with van der Waals surface area (Å²) in [5, 5.41) is 0. The van der Waals surface area contributed by atoms with Crippen LogP contribution in [0.5, 0.6) is 0 Å². The Morgan fingerprint density at radius 3 is 2.46 bits per heavy atom. The van der Waals surface area contributed by atoms with Crippen LogP contribution in [0.25, 0.3) is 0 Å². The number of hydrogen-bond acceptors (Lipinski definition) is 8. The molecular formula is C31H44O8. The van der Waals surface area contributed by atoms with Gasteiger partial charge in [-0.15, -0.1) is 11.8 Å². The fourth-order valence-corrected chi connectivity index (χ4v) is 5.52. The minimum absolute atomic E-state index is 0.0339. The van der Waals surface area contributed by atoms with Gasteiger partial charge >= 0.3 is 23.9 Å². The Hall–Kier alpha value is -3.08. The van der Waals surface area contributed by atoms with Crippen LogP contribution in [0, 0.1) is 35.5 Å². The first-order chi connectivity index (χ1) is 18.5. The van der Waals surface area contributed by atoms with E-state index in [4.69, 9.17) is 18.9 Å². The second-order valence-corrected chi connectivity index (χ2v) is 10.5. The summed E-state index contributed by atoms with van der Waals surface area (Å²) in [6.07, 6.45) is 9.59. The smallest absolute Gasteiger partial charge is 0.347 e. The molecule has 2 aliphatic carbocycles. The average Bonchev–Trinajstić information content (AvgIpc) is 3.39. The molecule has 7 atom stereocenters. The largest absolute Gasteiger partial charge is 0.463 e. The van der Waals surface area contributed by atoms with Gasteiger partial charge in [-0.2, -0.15) is 0 Å². The van der Waals surface area contributed by atoms with E-state index in [1.54, 1.807) is 13.8 Å². The van der Waals surface area contributed by atoms with Crippen LogP contribution in [0.15, 0.2) is 23.8 Å². The summed E-state index contributed by atoms with van der Waals surface area (Å²) in [5.41, 5.74) is 1.35. The normalized spacial score (nSPS) is 25.2. The molecule has 0 amide bonds. The lowest BCUT2D eigenvalue weighted by atomic mass is 9.89. The van der Waals surface area contributed by atoms with Crippen molar-refractivity contribution in [3.8, 4) is 11.8 Å². The number of fused-ring (bicyclic) bond motifs is 1. The van der Waals surface area contributed by atoms with Crippen LogP contribution in [-0.4, -0.2) is 48.8 Å². The number of esters is 4. The molecule has 2 aliphatic rings. The first kappa shape index (κ1) is 32.1. The fourth-order valence-electron chi connectivity index (χ4n) is 5.52. The molecule has 0 N–H and O–H groups in total. The van der Waals surface area contributed by atoms with Gasteiger partial charge in [-0.25, -0.2) is 4.79 Å². The number of carbonyl (C=O) groups is 4. The van der Waals surface area contributed by atoms with Gasteiger partial charge in [0.05, 0.1) is 6.61 Å². The molecule has 0 aromatic carbocycles. The second-order valence-electron chi connectivity index (χ2n) is 10.5. The summed E-state index contributed by atoms with van der Waals surface area (Å²) in [7, 11) is 0. The van der Waals surface area contributed by atoms with Gasteiger partial charge in [0.1, 0.15) is 12.2 Å². The summed E-state index contributed by atoms with van der Waals surface area (Å²) in [5.74, 6) is 5.17. The van der Waals surface area contributed by atoms with E-state index in [2.05, 4.69) is 24.0 Å². The lowest BCUT2D eigenvalue weighted by molar-refractivity contribution is -0.166. The summed E-state index contributed by atoms with van der Waals surface area (Å²) >= 11 is 0. The van der Waals surface area contributed by atoms with Crippen molar-refractivity contribution in [3.05, 3.63) is 23.8 Å². The zero-order valence-corrected chi connectivity index (χ0v) is 24.2. The van der Waals surface area contributed by atoms with Crippen LogP contribution >= 0.6 is 0 Å². The topological polar surface area (TPSA) is 105 Å². The Morgan fingerprint density at radius 2 is 1.82 bits per heavy atom. The highest BCUT2D eigenvalue weighted by Gasteiger charge is 2.47. The molecule has 0 aromatic rings. The molecule has 0 radical (unpaired) electrons. The van der Waals surface area contributed by atoms with Gasteiger partial charge in [0, 0.05) is 38.5 Å². The van der Waals surface area contributed by atoms with E-state index in [9.17, 15) is 19.2 Å². The van der Waals surface area contributed by atoms with E-state index < -0.39 is 24.1 Å². The predicted molar refractivity (Wildman–Crippen MR) is 146 cm³/mol. The maximum absolute atomic E-state index is 12.0. The van der Waals surface area contributed by atoms with Crippen molar-refractivity contribution in [1.29, 1.82) is 0 Å². The summed E-state index contributed by atoms with van der Waals surface area (Å²) in [6, 6.07) is 0. The molecule has 0 saturated heterocycles. The predicted octanol–water partition coefficient (Wildman–Crippen LogP) is 5.09. The minimum Gasteiger partial charge on any atom is -0.463 e. The first-order valence-corrected chi connectivity index (χ1v) is 14.0. The van der Waals surface area contributed by atoms with Gasteiger partial charge in [-0.3, -0.25) is 14.4 Å². The standard InChI is InChI=1S/C31H44O8/c1-7-9-12-20(3)28(38-22(5)32)16-15-26-27-18-24(17-25(27)19-29(26)39-23(6)33)13-10-11-14-30(34)37-21(4)31(35)36-8-2/h13,15-16,20-21,25-29H,8,10-12,14,17-19H2,1-6H3/t20?,21-,25+,26-,27+,28-,29-/m1/s1. The zero-order valence-electron chi connectivity index (χ0n) is 24.2. The molecule has 2 fully saturated rings. The van der Waals surface area contributed by atoms with Crippen molar-refractivity contribution in [2.24, 2.45) is 23.7 Å². The number of hydrogen-bond donors (Lipinski definition) is 0.